The zero-order valence-corrected chi connectivity index (χ0v) is 18.0. The fraction of sp³-hybridized carbons (Fsp3) is 0.364. The number of aryl methyl sites for hydroxylation is 1. The Morgan fingerprint density at radius 3 is 2.60 bits per heavy atom. The molecule has 0 aliphatic heterocycles. The van der Waals surface area contributed by atoms with E-state index in [0.29, 0.717) is 35.8 Å². The number of nitrogens with two attached hydrogens (primary N) is 1. The third-order valence-corrected chi connectivity index (χ3v) is 5.09. The summed E-state index contributed by atoms with van der Waals surface area (Å²) in [4.78, 5) is 8.66. The van der Waals surface area contributed by atoms with Gasteiger partial charge in [-0.25, -0.2) is 14.4 Å². The zero-order chi connectivity index (χ0) is 21.7. The highest BCUT2D eigenvalue weighted by Gasteiger charge is 2.22. The number of nitrogens with zero attached hydrogens (tertiary/aromatic N) is 2. The molecule has 0 spiro atoms. The summed E-state index contributed by atoms with van der Waals surface area (Å²) < 4.78 is 19.9. The second-order valence-corrected chi connectivity index (χ2v) is 7.27. The minimum Gasteiger partial charge on any atom is -0.488 e. The number of benzene rings is 2. The van der Waals surface area contributed by atoms with Gasteiger partial charge in [0.15, 0.2) is 0 Å². The summed E-state index contributed by atoms with van der Waals surface area (Å²) in [5, 5.41) is 13.8. The van der Waals surface area contributed by atoms with Crippen LogP contribution in [0.5, 0.6) is 5.75 Å². The van der Waals surface area contributed by atoms with Crippen LogP contribution in [0.2, 0.25) is 0 Å². The molecule has 1 aromatic heterocycles. The van der Waals surface area contributed by atoms with Gasteiger partial charge in [0.1, 0.15) is 23.7 Å². The number of anilines is 3. The van der Waals surface area contributed by atoms with Crippen LogP contribution in [0.1, 0.15) is 31.2 Å². The van der Waals surface area contributed by atoms with Crippen molar-refractivity contribution in [3.63, 3.8) is 0 Å². The number of thiol groups is 1. The lowest BCUT2D eigenvalue weighted by atomic mass is 9.95. The lowest BCUT2D eigenvalue weighted by Gasteiger charge is -2.27. The third-order valence-electron chi connectivity index (χ3n) is 5.09. The molecule has 2 aromatic carbocycles. The minimum absolute atomic E-state index is 0.0468. The van der Waals surface area contributed by atoms with E-state index in [1.54, 1.807) is 18.4 Å². The van der Waals surface area contributed by atoms with Gasteiger partial charge in [0, 0.05) is 17.1 Å². The first-order valence-corrected chi connectivity index (χ1v) is 10.8. The van der Waals surface area contributed by atoms with E-state index in [4.69, 9.17) is 10.5 Å². The Balaban J connectivity index is 0.00000124. The molecule has 0 amide bonds. The SMILES string of the molecule is CS.Cc1cc(N)cc2ncnc(Nc3ccc(F)cc3OC3CCC(O)CC3)c12. The zero-order valence-electron chi connectivity index (χ0n) is 17.1. The molecular formula is C22H27FN4O2S. The average Bonchev–Trinajstić information content (AvgIpc) is 2.73. The number of ether oxygens (including phenoxy) is 1. The largest absolute Gasteiger partial charge is 0.488 e. The molecular weight excluding hydrogens is 403 g/mol. The Morgan fingerprint density at radius 2 is 1.87 bits per heavy atom. The van der Waals surface area contributed by atoms with Gasteiger partial charge >= 0.3 is 0 Å². The molecule has 3 aromatic rings. The molecule has 4 rings (SSSR count). The first-order chi connectivity index (χ1) is 14.5. The normalized spacial score (nSPS) is 18.4. The van der Waals surface area contributed by atoms with Gasteiger partial charge in [-0.3, -0.25) is 0 Å². The van der Waals surface area contributed by atoms with Crippen molar-refractivity contribution < 1.29 is 14.2 Å². The molecule has 8 heteroatoms. The quantitative estimate of drug-likeness (QED) is 0.356. The lowest BCUT2D eigenvalue weighted by Crippen LogP contribution is -2.26. The van der Waals surface area contributed by atoms with Gasteiger partial charge in [-0.15, -0.1) is 0 Å². The van der Waals surface area contributed by atoms with E-state index in [-0.39, 0.29) is 18.0 Å². The standard InChI is InChI=1S/C21H23FN4O2.CH4S/c1-12-8-14(23)10-18-20(12)21(25-11-24-18)26-17-7-2-13(22)9-19(17)28-16-5-3-15(27)4-6-16;1-2/h2,7-11,15-16,27H,3-6,23H2,1H3,(H,24,25,26);2H,1H3. The first-order valence-electron chi connectivity index (χ1n) is 9.86. The highest BCUT2D eigenvalue weighted by Crippen LogP contribution is 2.34. The van der Waals surface area contributed by atoms with Crippen molar-refractivity contribution in [2.24, 2.45) is 0 Å². The molecule has 1 fully saturated rings. The number of hydrogen-bond acceptors (Lipinski definition) is 7. The summed E-state index contributed by atoms with van der Waals surface area (Å²) in [5.74, 6) is 0.673. The van der Waals surface area contributed by atoms with Crippen LogP contribution in [-0.4, -0.2) is 33.5 Å². The van der Waals surface area contributed by atoms with Crippen LogP contribution >= 0.6 is 12.6 Å². The van der Waals surface area contributed by atoms with Crippen molar-refractivity contribution in [3.8, 4) is 5.75 Å². The lowest BCUT2D eigenvalue weighted by molar-refractivity contribution is 0.0668. The predicted molar refractivity (Wildman–Crippen MR) is 122 cm³/mol. The van der Waals surface area contributed by atoms with E-state index in [1.807, 2.05) is 13.0 Å². The van der Waals surface area contributed by atoms with Crippen LogP contribution < -0.4 is 15.8 Å². The Labute approximate surface area is 181 Å². The minimum atomic E-state index is -0.368. The summed E-state index contributed by atoms with van der Waals surface area (Å²) in [5.41, 5.74) is 8.87. The van der Waals surface area contributed by atoms with Crippen LogP contribution in [0, 0.1) is 12.7 Å². The molecule has 0 radical (unpaired) electrons. The van der Waals surface area contributed by atoms with Crippen molar-refractivity contribution in [2.75, 3.05) is 17.3 Å². The molecule has 160 valence electrons. The fourth-order valence-electron chi connectivity index (χ4n) is 3.68. The summed E-state index contributed by atoms with van der Waals surface area (Å²) >= 11 is 3.53. The van der Waals surface area contributed by atoms with Gasteiger partial charge in [-0.1, -0.05) is 0 Å². The number of nitrogens with one attached hydrogen (secondary N) is 1. The summed E-state index contributed by atoms with van der Waals surface area (Å²) in [6.07, 6.45) is 5.72. The average molecular weight is 431 g/mol. The van der Waals surface area contributed by atoms with Gasteiger partial charge in [0.05, 0.1) is 23.4 Å². The Kier molecular flexibility index (Phi) is 7.33. The van der Waals surface area contributed by atoms with Crippen LogP contribution in [0.15, 0.2) is 36.7 Å². The molecule has 0 unspecified atom stereocenters. The number of aromatic nitrogens is 2. The number of rotatable bonds is 4. The van der Waals surface area contributed by atoms with Crippen molar-refractivity contribution in [1.82, 2.24) is 9.97 Å². The van der Waals surface area contributed by atoms with Crippen molar-refractivity contribution >= 4 is 40.7 Å². The molecule has 1 aliphatic rings. The Hall–Kier alpha value is -2.58. The Morgan fingerprint density at radius 1 is 1.13 bits per heavy atom. The van der Waals surface area contributed by atoms with Crippen molar-refractivity contribution in [1.29, 1.82) is 0 Å². The van der Waals surface area contributed by atoms with Gasteiger partial charge in [-0.2, -0.15) is 12.6 Å². The Bertz CT molecular complexity index is 1010. The number of fused-ring (bicyclic) bond motifs is 1. The summed E-state index contributed by atoms with van der Waals surface area (Å²) in [6, 6.07) is 8.06. The number of aliphatic hydroxyl groups excluding tert-OH is 1. The molecule has 1 heterocycles. The molecule has 1 aliphatic carbocycles. The van der Waals surface area contributed by atoms with E-state index in [2.05, 4.69) is 27.9 Å². The predicted octanol–water partition coefficient (Wildman–Crippen LogP) is 4.63. The van der Waals surface area contributed by atoms with Crippen molar-refractivity contribution in [3.05, 3.63) is 48.0 Å². The maximum absolute atomic E-state index is 13.9. The summed E-state index contributed by atoms with van der Waals surface area (Å²) in [7, 11) is 0. The molecule has 0 bridgehead atoms. The molecule has 0 atom stereocenters. The number of nitrogen functional groups attached to an aromatic ring is 1. The maximum atomic E-state index is 13.9. The fourth-order valence-corrected chi connectivity index (χ4v) is 3.68. The highest BCUT2D eigenvalue weighted by atomic mass is 32.1. The topological polar surface area (TPSA) is 93.3 Å². The van der Waals surface area contributed by atoms with Crippen LogP contribution in [0.4, 0.5) is 21.6 Å². The first kappa shape index (κ1) is 22.1. The van der Waals surface area contributed by atoms with Gasteiger partial charge in [0.2, 0.25) is 0 Å². The maximum Gasteiger partial charge on any atom is 0.146 e. The number of hydrogen-bond donors (Lipinski definition) is 4. The molecule has 30 heavy (non-hydrogen) atoms. The van der Waals surface area contributed by atoms with Crippen LogP contribution in [0.25, 0.3) is 10.9 Å². The van der Waals surface area contributed by atoms with Crippen LogP contribution in [-0.2, 0) is 0 Å². The van der Waals surface area contributed by atoms with E-state index in [1.165, 1.54) is 18.5 Å². The second kappa shape index (κ2) is 9.95. The molecule has 4 N–H and O–H groups in total. The number of aliphatic hydroxyl groups is 1. The van der Waals surface area contributed by atoms with Gasteiger partial charge < -0.3 is 20.9 Å². The van der Waals surface area contributed by atoms with Gasteiger partial charge in [-0.05, 0) is 68.7 Å². The molecule has 1 saturated carbocycles. The van der Waals surface area contributed by atoms with E-state index in [9.17, 15) is 9.50 Å². The number of halogens is 1. The smallest absolute Gasteiger partial charge is 0.146 e. The van der Waals surface area contributed by atoms with E-state index in [0.717, 1.165) is 29.3 Å². The second-order valence-electron chi connectivity index (χ2n) is 7.27. The molecule has 6 nitrogen and oxygen atoms in total. The van der Waals surface area contributed by atoms with Gasteiger partial charge in [0.25, 0.3) is 0 Å². The van der Waals surface area contributed by atoms with E-state index < -0.39 is 0 Å². The highest BCUT2D eigenvalue weighted by molar-refractivity contribution is 7.79. The van der Waals surface area contributed by atoms with Crippen LogP contribution in [0.3, 0.4) is 0 Å². The third kappa shape index (κ3) is 5.12. The van der Waals surface area contributed by atoms with E-state index >= 15 is 0 Å². The molecule has 0 saturated heterocycles. The van der Waals surface area contributed by atoms with Crippen molar-refractivity contribution in [2.45, 2.75) is 44.8 Å². The monoisotopic (exact) mass is 430 g/mol. The summed E-state index contributed by atoms with van der Waals surface area (Å²) in [6.45, 7) is 1.95.